The summed E-state index contributed by atoms with van der Waals surface area (Å²) >= 11 is 0. The summed E-state index contributed by atoms with van der Waals surface area (Å²) in [6, 6.07) is 0. The zero-order valence-corrected chi connectivity index (χ0v) is 11.7. The van der Waals surface area contributed by atoms with Crippen molar-refractivity contribution in [1.29, 1.82) is 0 Å². The van der Waals surface area contributed by atoms with Gasteiger partial charge in [0.15, 0.2) is 0 Å². The predicted octanol–water partition coefficient (Wildman–Crippen LogP) is -3.44. The average molecular weight is 284 g/mol. The molecule has 0 fully saturated rings. The first-order chi connectivity index (χ1) is 6.81. The first kappa shape index (κ1) is 17.4. The van der Waals surface area contributed by atoms with Crippen LogP contribution < -0.4 is 10.2 Å². The summed E-state index contributed by atoms with van der Waals surface area (Å²) in [7, 11) is 0. The molecular formula is C8H10O7Zn. The Morgan fingerprint density at radius 3 is 2.06 bits per heavy atom. The first-order valence-electron chi connectivity index (χ1n) is 4.11. The molecule has 0 aromatic heterocycles. The van der Waals surface area contributed by atoms with E-state index < -0.39 is 36.4 Å². The van der Waals surface area contributed by atoms with Gasteiger partial charge in [0.25, 0.3) is 0 Å². The summed E-state index contributed by atoms with van der Waals surface area (Å²) in [6.07, 6.45) is -2.22. The van der Waals surface area contributed by atoms with Crippen LogP contribution in [0.3, 0.4) is 0 Å². The minimum Gasteiger partial charge on any atom is -0.550 e. The third kappa shape index (κ3) is 5.77. The van der Waals surface area contributed by atoms with E-state index in [0.717, 1.165) is 0 Å². The molecule has 0 aromatic carbocycles. The fourth-order valence-corrected chi connectivity index (χ4v) is 0.896. The van der Waals surface area contributed by atoms with Crippen molar-refractivity contribution in [2.45, 2.75) is 25.4 Å². The second-order valence-corrected chi connectivity index (χ2v) is 2.85. The molecule has 1 unspecified atom stereocenters. The van der Waals surface area contributed by atoms with Crippen LogP contribution in [0.2, 0.25) is 0 Å². The van der Waals surface area contributed by atoms with Gasteiger partial charge in [-0.2, -0.15) is 0 Å². The number of hydrogen-bond donors (Lipinski definition) is 1. The minimum absolute atomic E-state index is 0. The van der Waals surface area contributed by atoms with Gasteiger partial charge in [-0.1, -0.05) is 0 Å². The third-order valence-corrected chi connectivity index (χ3v) is 1.56. The molecule has 0 spiro atoms. The normalized spacial score (nSPS) is 13.1. The molecule has 0 rings (SSSR count). The fourth-order valence-electron chi connectivity index (χ4n) is 0.896. The number of esters is 1. The molecular weight excluding hydrogens is 273 g/mol. The van der Waals surface area contributed by atoms with Crippen LogP contribution in [0.25, 0.3) is 0 Å². The van der Waals surface area contributed by atoms with E-state index in [2.05, 4.69) is 4.74 Å². The van der Waals surface area contributed by atoms with E-state index in [1.165, 1.54) is 6.92 Å². The van der Waals surface area contributed by atoms with Crippen molar-refractivity contribution in [3.8, 4) is 0 Å². The van der Waals surface area contributed by atoms with Gasteiger partial charge in [0.05, 0.1) is 19.0 Å². The van der Waals surface area contributed by atoms with Crippen LogP contribution in [0.15, 0.2) is 0 Å². The van der Waals surface area contributed by atoms with E-state index in [1.54, 1.807) is 0 Å². The molecule has 86 valence electrons. The smallest absolute Gasteiger partial charge is 0.550 e. The summed E-state index contributed by atoms with van der Waals surface area (Å²) in [6.45, 7) is 1.47. The van der Waals surface area contributed by atoms with Gasteiger partial charge in [-0.25, -0.2) is 0 Å². The van der Waals surface area contributed by atoms with Gasteiger partial charge >= 0.3 is 25.4 Å². The fraction of sp³-hybridized carbons (Fsp3) is 0.625. The zero-order valence-electron chi connectivity index (χ0n) is 8.73. The molecule has 0 heterocycles. The quantitative estimate of drug-likeness (QED) is 0.397. The standard InChI is InChI=1S/C8H12O7.Zn/c1-2-15-6(11)4-8(14,7(12)13)3-5(9)10;/h14H,2-4H2,1H3,(H,9,10)(H,12,13);/q;+2/p-2. The number of carbonyl (C=O) groups excluding carboxylic acids is 3. The molecule has 0 aromatic rings. The van der Waals surface area contributed by atoms with Crippen molar-refractivity contribution in [2.24, 2.45) is 0 Å². The van der Waals surface area contributed by atoms with E-state index >= 15 is 0 Å². The van der Waals surface area contributed by atoms with Crippen LogP contribution >= 0.6 is 0 Å². The first-order valence-corrected chi connectivity index (χ1v) is 4.11. The Morgan fingerprint density at radius 1 is 1.25 bits per heavy atom. The van der Waals surface area contributed by atoms with Gasteiger partial charge in [0.2, 0.25) is 0 Å². The van der Waals surface area contributed by atoms with Crippen LogP contribution in [0.5, 0.6) is 0 Å². The topological polar surface area (TPSA) is 127 Å². The molecule has 0 aliphatic carbocycles. The predicted molar refractivity (Wildman–Crippen MR) is 40.8 cm³/mol. The number of ether oxygens (including phenoxy) is 1. The third-order valence-electron chi connectivity index (χ3n) is 1.56. The number of carboxylic acid groups (broad SMARTS) is 2. The molecule has 0 radical (unpaired) electrons. The number of aliphatic carboxylic acids is 2. The SMILES string of the molecule is CCOC(=O)CC(O)(CC(=O)[O-])C(=O)[O-].[Zn+2]. The molecule has 1 N–H and O–H groups in total. The number of hydrogen-bond acceptors (Lipinski definition) is 7. The van der Waals surface area contributed by atoms with Crippen LogP contribution in [-0.2, 0) is 38.6 Å². The van der Waals surface area contributed by atoms with E-state index in [1.807, 2.05) is 0 Å². The van der Waals surface area contributed by atoms with Crippen LogP contribution in [0.4, 0.5) is 0 Å². The Morgan fingerprint density at radius 2 is 1.75 bits per heavy atom. The maximum Gasteiger partial charge on any atom is 2.00 e. The summed E-state index contributed by atoms with van der Waals surface area (Å²) in [5.74, 6) is -4.88. The number of carbonyl (C=O) groups is 3. The summed E-state index contributed by atoms with van der Waals surface area (Å²) in [5, 5.41) is 29.9. The Hall–Kier alpha value is -1.01. The molecule has 0 saturated heterocycles. The molecule has 0 amide bonds. The van der Waals surface area contributed by atoms with E-state index in [-0.39, 0.29) is 26.1 Å². The van der Waals surface area contributed by atoms with E-state index in [9.17, 15) is 29.7 Å². The Labute approximate surface area is 104 Å². The summed E-state index contributed by atoms with van der Waals surface area (Å²) < 4.78 is 4.37. The van der Waals surface area contributed by atoms with E-state index in [0.29, 0.717) is 0 Å². The summed E-state index contributed by atoms with van der Waals surface area (Å²) in [4.78, 5) is 31.4. The van der Waals surface area contributed by atoms with E-state index in [4.69, 9.17) is 0 Å². The Kier molecular flexibility index (Phi) is 7.93. The van der Waals surface area contributed by atoms with Crippen molar-refractivity contribution in [3.05, 3.63) is 0 Å². The molecule has 7 nitrogen and oxygen atoms in total. The van der Waals surface area contributed by atoms with Crippen molar-refractivity contribution in [3.63, 3.8) is 0 Å². The van der Waals surface area contributed by atoms with Crippen molar-refractivity contribution in [1.82, 2.24) is 0 Å². The molecule has 8 heteroatoms. The van der Waals surface area contributed by atoms with Crippen molar-refractivity contribution in [2.75, 3.05) is 6.61 Å². The zero-order chi connectivity index (χ0) is 12.1. The van der Waals surface area contributed by atoms with Gasteiger partial charge < -0.3 is 29.6 Å². The second-order valence-electron chi connectivity index (χ2n) is 2.85. The van der Waals surface area contributed by atoms with Crippen LogP contribution in [0, 0.1) is 0 Å². The van der Waals surface area contributed by atoms with Gasteiger partial charge in [-0.05, 0) is 6.92 Å². The molecule has 0 aliphatic heterocycles. The average Bonchev–Trinajstić information content (AvgIpc) is 2.01. The number of rotatable bonds is 6. The molecule has 0 saturated carbocycles. The van der Waals surface area contributed by atoms with Crippen molar-refractivity contribution >= 4 is 17.9 Å². The monoisotopic (exact) mass is 282 g/mol. The van der Waals surface area contributed by atoms with Gasteiger partial charge in [0, 0.05) is 12.4 Å². The molecule has 1 atom stereocenters. The molecule has 16 heavy (non-hydrogen) atoms. The minimum atomic E-state index is -2.79. The molecule has 0 bridgehead atoms. The van der Waals surface area contributed by atoms with Crippen molar-refractivity contribution < 1.29 is 53.9 Å². The molecule has 0 aliphatic rings. The van der Waals surface area contributed by atoms with Gasteiger partial charge in [0.1, 0.15) is 5.60 Å². The summed E-state index contributed by atoms with van der Waals surface area (Å²) in [5.41, 5.74) is -2.79. The van der Waals surface area contributed by atoms with Crippen LogP contribution in [-0.4, -0.2) is 35.2 Å². The number of aliphatic hydroxyl groups is 1. The number of carboxylic acids is 2. The van der Waals surface area contributed by atoms with Gasteiger partial charge in [-0.3, -0.25) is 4.79 Å². The maximum absolute atomic E-state index is 10.9. The largest absolute Gasteiger partial charge is 2.00 e. The second kappa shape index (κ2) is 7.30. The maximum atomic E-state index is 10.9. The van der Waals surface area contributed by atoms with Gasteiger partial charge in [-0.15, -0.1) is 0 Å². The van der Waals surface area contributed by atoms with Crippen LogP contribution in [0.1, 0.15) is 19.8 Å². The Bertz CT molecular complexity index is 278. The Balaban J connectivity index is 0.